The standard InChI is InChI=1S/C19H19N3O/c20-18-11-8-16(19(21)22-18)12-14-6-9-17(10-7-14)23-13-15-4-2-1-3-5-15/h1-11H,12-13H2,(H4,20,21,22). The molecule has 0 aliphatic carbocycles. The van der Waals surface area contributed by atoms with Gasteiger partial charge in [0.15, 0.2) is 0 Å². The second-order valence-corrected chi connectivity index (χ2v) is 5.38. The monoisotopic (exact) mass is 305 g/mol. The van der Waals surface area contributed by atoms with Crippen LogP contribution >= 0.6 is 0 Å². The SMILES string of the molecule is Nc1ccc(Cc2ccc(OCc3ccccc3)cc2)c(N)n1. The molecule has 0 atom stereocenters. The van der Waals surface area contributed by atoms with E-state index in [1.807, 2.05) is 60.7 Å². The summed E-state index contributed by atoms with van der Waals surface area (Å²) >= 11 is 0. The molecule has 0 unspecified atom stereocenters. The number of anilines is 2. The molecule has 3 aromatic rings. The van der Waals surface area contributed by atoms with E-state index in [0.29, 0.717) is 18.2 Å². The Morgan fingerprint density at radius 2 is 1.52 bits per heavy atom. The van der Waals surface area contributed by atoms with Crippen LogP contribution in [-0.4, -0.2) is 4.98 Å². The lowest BCUT2D eigenvalue weighted by atomic mass is 10.1. The molecule has 1 heterocycles. The first-order valence-electron chi connectivity index (χ1n) is 7.47. The fraction of sp³-hybridized carbons (Fsp3) is 0.105. The van der Waals surface area contributed by atoms with E-state index >= 15 is 0 Å². The average molecular weight is 305 g/mol. The van der Waals surface area contributed by atoms with Crippen molar-refractivity contribution in [3.8, 4) is 5.75 Å². The van der Waals surface area contributed by atoms with E-state index in [1.165, 1.54) is 0 Å². The van der Waals surface area contributed by atoms with E-state index in [1.54, 1.807) is 6.07 Å². The van der Waals surface area contributed by atoms with Crippen molar-refractivity contribution in [1.29, 1.82) is 0 Å². The zero-order valence-electron chi connectivity index (χ0n) is 12.8. The first-order valence-corrected chi connectivity index (χ1v) is 7.47. The molecular formula is C19H19N3O. The van der Waals surface area contributed by atoms with Gasteiger partial charge in [-0.15, -0.1) is 0 Å². The van der Waals surface area contributed by atoms with Gasteiger partial charge >= 0.3 is 0 Å². The Morgan fingerprint density at radius 3 is 2.22 bits per heavy atom. The van der Waals surface area contributed by atoms with Crippen molar-refractivity contribution in [1.82, 2.24) is 4.98 Å². The summed E-state index contributed by atoms with van der Waals surface area (Å²) in [6.45, 7) is 0.565. The maximum atomic E-state index is 5.90. The number of pyridine rings is 1. The van der Waals surface area contributed by atoms with E-state index in [9.17, 15) is 0 Å². The van der Waals surface area contributed by atoms with Crippen LogP contribution in [-0.2, 0) is 13.0 Å². The number of ether oxygens (including phenoxy) is 1. The molecule has 0 saturated heterocycles. The normalized spacial score (nSPS) is 10.4. The molecule has 4 heteroatoms. The van der Waals surface area contributed by atoms with E-state index in [4.69, 9.17) is 16.2 Å². The van der Waals surface area contributed by atoms with Gasteiger partial charge in [0.2, 0.25) is 0 Å². The van der Waals surface area contributed by atoms with Crippen molar-refractivity contribution >= 4 is 11.6 Å². The van der Waals surface area contributed by atoms with Crippen molar-refractivity contribution in [3.05, 3.63) is 83.4 Å². The number of nitrogens with two attached hydrogens (primary N) is 2. The number of rotatable bonds is 5. The van der Waals surface area contributed by atoms with Crippen LogP contribution in [0.5, 0.6) is 5.75 Å². The Hall–Kier alpha value is -3.01. The van der Waals surface area contributed by atoms with Gasteiger partial charge in [0.1, 0.15) is 24.0 Å². The number of nitrogen functional groups attached to an aromatic ring is 2. The highest BCUT2D eigenvalue weighted by Crippen LogP contribution is 2.19. The lowest BCUT2D eigenvalue weighted by Crippen LogP contribution is -2.01. The minimum atomic E-state index is 0.441. The summed E-state index contributed by atoms with van der Waals surface area (Å²) in [5.74, 6) is 1.77. The lowest BCUT2D eigenvalue weighted by Gasteiger charge is -2.08. The number of nitrogens with zero attached hydrogens (tertiary/aromatic N) is 1. The predicted octanol–water partition coefficient (Wildman–Crippen LogP) is 3.42. The van der Waals surface area contributed by atoms with Gasteiger partial charge in [0.25, 0.3) is 0 Å². The Kier molecular flexibility index (Phi) is 4.43. The Labute approximate surface area is 135 Å². The largest absolute Gasteiger partial charge is 0.489 e. The smallest absolute Gasteiger partial charge is 0.129 e. The second kappa shape index (κ2) is 6.83. The molecule has 4 nitrogen and oxygen atoms in total. The maximum absolute atomic E-state index is 5.90. The zero-order valence-corrected chi connectivity index (χ0v) is 12.8. The first-order chi connectivity index (χ1) is 11.2. The quantitative estimate of drug-likeness (QED) is 0.757. The topological polar surface area (TPSA) is 74.2 Å². The van der Waals surface area contributed by atoms with E-state index < -0.39 is 0 Å². The third-order valence-electron chi connectivity index (χ3n) is 3.60. The molecule has 0 aliphatic rings. The van der Waals surface area contributed by atoms with Crippen LogP contribution in [0.25, 0.3) is 0 Å². The van der Waals surface area contributed by atoms with Gasteiger partial charge in [-0.1, -0.05) is 48.5 Å². The molecule has 0 amide bonds. The highest BCUT2D eigenvalue weighted by atomic mass is 16.5. The van der Waals surface area contributed by atoms with Crippen LogP contribution in [0.1, 0.15) is 16.7 Å². The molecule has 0 fully saturated rings. The van der Waals surface area contributed by atoms with Gasteiger partial charge in [-0.3, -0.25) is 0 Å². The van der Waals surface area contributed by atoms with Crippen LogP contribution in [0, 0.1) is 0 Å². The fourth-order valence-electron chi connectivity index (χ4n) is 2.33. The summed E-state index contributed by atoms with van der Waals surface area (Å²) in [6.07, 6.45) is 0.720. The van der Waals surface area contributed by atoms with Crippen molar-refractivity contribution in [3.63, 3.8) is 0 Å². The number of hydrogen-bond acceptors (Lipinski definition) is 4. The molecule has 0 bridgehead atoms. The van der Waals surface area contributed by atoms with Crippen LogP contribution in [0.2, 0.25) is 0 Å². The average Bonchev–Trinajstić information content (AvgIpc) is 2.58. The summed E-state index contributed by atoms with van der Waals surface area (Å²) in [4.78, 5) is 4.08. The van der Waals surface area contributed by atoms with Gasteiger partial charge in [0.05, 0.1) is 0 Å². The first kappa shape index (κ1) is 14.9. The fourth-order valence-corrected chi connectivity index (χ4v) is 2.33. The minimum absolute atomic E-state index is 0.441. The van der Waals surface area contributed by atoms with Crippen molar-refractivity contribution in [2.24, 2.45) is 0 Å². The molecule has 0 saturated carbocycles. The van der Waals surface area contributed by atoms with Gasteiger partial charge in [0, 0.05) is 6.42 Å². The molecule has 23 heavy (non-hydrogen) atoms. The van der Waals surface area contributed by atoms with Crippen LogP contribution in [0.3, 0.4) is 0 Å². The van der Waals surface area contributed by atoms with Gasteiger partial charge in [-0.25, -0.2) is 4.98 Å². The highest BCUT2D eigenvalue weighted by molar-refractivity contribution is 5.48. The van der Waals surface area contributed by atoms with Gasteiger partial charge in [-0.2, -0.15) is 0 Å². The maximum Gasteiger partial charge on any atom is 0.129 e. The van der Waals surface area contributed by atoms with Crippen LogP contribution < -0.4 is 16.2 Å². The van der Waals surface area contributed by atoms with Crippen LogP contribution in [0.15, 0.2) is 66.7 Å². The molecule has 3 rings (SSSR count). The number of hydrogen-bond donors (Lipinski definition) is 2. The van der Waals surface area contributed by atoms with E-state index in [2.05, 4.69) is 4.98 Å². The van der Waals surface area contributed by atoms with Gasteiger partial charge < -0.3 is 16.2 Å². The predicted molar refractivity (Wildman–Crippen MR) is 93.1 cm³/mol. The molecule has 4 N–H and O–H groups in total. The molecule has 116 valence electrons. The Balaban J connectivity index is 1.63. The highest BCUT2D eigenvalue weighted by Gasteiger charge is 2.03. The van der Waals surface area contributed by atoms with Crippen molar-refractivity contribution in [2.45, 2.75) is 13.0 Å². The minimum Gasteiger partial charge on any atom is -0.489 e. The van der Waals surface area contributed by atoms with Crippen molar-refractivity contribution < 1.29 is 4.74 Å². The second-order valence-electron chi connectivity index (χ2n) is 5.38. The Morgan fingerprint density at radius 1 is 0.783 bits per heavy atom. The molecule has 0 spiro atoms. The molecule has 0 radical (unpaired) electrons. The number of benzene rings is 2. The Bertz CT molecular complexity index is 770. The summed E-state index contributed by atoms with van der Waals surface area (Å²) in [6, 6.07) is 21.8. The summed E-state index contributed by atoms with van der Waals surface area (Å²) in [5.41, 5.74) is 14.8. The third kappa shape index (κ3) is 4.01. The molecule has 2 aromatic carbocycles. The molecular weight excluding hydrogens is 286 g/mol. The third-order valence-corrected chi connectivity index (χ3v) is 3.60. The zero-order chi connectivity index (χ0) is 16.1. The van der Waals surface area contributed by atoms with E-state index in [0.717, 1.165) is 28.9 Å². The van der Waals surface area contributed by atoms with Crippen molar-refractivity contribution in [2.75, 3.05) is 11.5 Å². The number of aromatic nitrogens is 1. The summed E-state index contributed by atoms with van der Waals surface area (Å²) in [7, 11) is 0. The lowest BCUT2D eigenvalue weighted by molar-refractivity contribution is 0.306. The van der Waals surface area contributed by atoms with Crippen LogP contribution in [0.4, 0.5) is 11.6 Å². The molecule has 0 aliphatic heterocycles. The summed E-state index contributed by atoms with van der Waals surface area (Å²) < 4.78 is 5.78. The van der Waals surface area contributed by atoms with Gasteiger partial charge in [-0.05, 0) is 34.9 Å². The summed E-state index contributed by atoms with van der Waals surface area (Å²) in [5, 5.41) is 0. The van der Waals surface area contributed by atoms with E-state index in [-0.39, 0.29) is 0 Å². The molecule has 1 aromatic heterocycles.